The minimum atomic E-state index is -2.56. The molecule has 0 radical (unpaired) electrons. The Morgan fingerprint density at radius 1 is 1.36 bits per heavy atom. The number of carbonyl (C=O) groups is 1. The van der Waals surface area contributed by atoms with Crippen LogP contribution in [-0.4, -0.2) is 18.4 Å². The molecule has 2 aliphatic rings. The van der Waals surface area contributed by atoms with Crippen molar-refractivity contribution < 1.29 is 22.7 Å². The van der Waals surface area contributed by atoms with E-state index in [9.17, 15) is 18.0 Å². The molecule has 1 aliphatic carbocycles. The van der Waals surface area contributed by atoms with E-state index in [0.717, 1.165) is 6.08 Å². The number of carbonyl (C=O) groups excluding carboxylic acids is 1. The van der Waals surface area contributed by atoms with E-state index in [4.69, 9.17) is 4.74 Å². The molecule has 1 aromatic carbocycles. The van der Waals surface area contributed by atoms with Gasteiger partial charge in [0.2, 0.25) is 11.8 Å². The van der Waals surface area contributed by atoms with E-state index in [0.29, 0.717) is 42.7 Å². The van der Waals surface area contributed by atoms with Crippen molar-refractivity contribution in [1.29, 1.82) is 0 Å². The van der Waals surface area contributed by atoms with E-state index in [2.05, 4.69) is 11.9 Å². The first-order valence-electron chi connectivity index (χ1n) is 8.37. The lowest BCUT2D eigenvalue weighted by Gasteiger charge is -2.26. The summed E-state index contributed by atoms with van der Waals surface area (Å²) in [5.41, 5.74) is 1.14. The topological polar surface area (TPSA) is 38.3 Å². The van der Waals surface area contributed by atoms with Crippen LogP contribution < -0.4 is 10.1 Å². The van der Waals surface area contributed by atoms with Crippen LogP contribution in [0.1, 0.15) is 36.8 Å². The first-order valence-corrected chi connectivity index (χ1v) is 8.37. The average Bonchev–Trinajstić information content (AvgIpc) is 3.07. The molecule has 0 aromatic heterocycles. The first kappa shape index (κ1) is 17.6. The van der Waals surface area contributed by atoms with Crippen LogP contribution in [0.4, 0.5) is 18.9 Å². The van der Waals surface area contributed by atoms with Crippen molar-refractivity contribution >= 4 is 17.7 Å². The third kappa shape index (κ3) is 3.89. The van der Waals surface area contributed by atoms with Gasteiger partial charge in [-0.15, -0.1) is 0 Å². The van der Waals surface area contributed by atoms with Gasteiger partial charge in [0.1, 0.15) is 5.75 Å². The number of rotatable bonds is 4. The number of alkyl halides is 2. The van der Waals surface area contributed by atoms with E-state index in [-0.39, 0.29) is 24.4 Å². The predicted molar refractivity (Wildman–Crippen MR) is 90.4 cm³/mol. The molecule has 0 bridgehead atoms. The highest BCUT2D eigenvalue weighted by Gasteiger charge is 2.34. The number of ether oxygens (including phenoxy) is 1. The number of amides is 1. The predicted octanol–water partition coefficient (Wildman–Crippen LogP) is 4.72. The van der Waals surface area contributed by atoms with Gasteiger partial charge in [0.25, 0.3) is 0 Å². The molecule has 3 rings (SSSR count). The van der Waals surface area contributed by atoms with Gasteiger partial charge in [0.05, 0.1) is 12.3 Å². The second-order valence-corrected chi connectivity index (χ2v) is 6.48. The molecule has 1 aliphatic heterocycles. The highest BCUT2D eigenvalue weighted by molar-refractivity contribution is 5.99. The van der Waals surface area contributed by atoms with Gasteiger partial charge in [0, 0.05) is 30.4 Å². The summed E-state index contributed by atoms with van der Waals surface area (Å²) in [7, 11) is 0. The Kier molecular flexibility index (Phi) is 4.88. The summed E-state index contributed by atoms with van der Waals surface area (Å²) in [5, 5.41) is 2.46. The van der Waals surface area contributed by atoms with E-state index in [1.54, 1.807) is 6.08 Å². The van der Waals surface area contributed by atoms with Gasteiger partial charge < -0.3 is 10.1 Å². The van der Waals surface area contributed by atoms with Crippen LogP contribution in [0.2, 0.25) is 0 Å². The summed E-state index contributed by atoms with van der Waals surface area (Å²) in [6.07, 6.45) is 5.78. The van der Waals surface area contributed by atoms with Gasteiger partial charge in [-0.3, -0.25) is 4.79 Å². The first-order chi connectivity index (χ1) is 11.9. The Morgan fingerprint density at radius 2 is 2.08 bits per heavy atom. The van der Waals surface area contributed by atoms with E-state index in [1.807, 2.05) is 6.08 Å². The fourth-order valence-corrected chi connectivity index (χ4v) is 3.26. The molecule has 1 fully saturated rings. The summed E-state index contributed by atoms with van der Waals surface area (Å²) >= 11 is 0. The molecule has 134 valence electrons. The second kappa shape index (κ2) is 6.94. The number of anilines is 1. The van der Waals surface area contributed by atoms with Crippen molar-refractivity contribution in [1.82, 2.24) is 0 Å². The van der Waals surface area contributed by atoms with Gasteiger partial charge in [-0.25, -0.2) is 13.2 Å². The zero-order chi connectivity index (χ0) is 18.0. The lowest BCUT2D eigenvalue weighted by molar-refractivity contribution is -0.111. The summed E-state index contributed by atoms with van der Waals surface area (Å²) in [6, 6.07) is 1.51. The van der Waals surface area contributed by atoms with Crippen LogP contribution in [0.25, 0.3) is 6.08 Å². The molecule has 6 heteroatoms. The number of hydrogen-bond donors (Lipinski definition) is 1. The third-order valence-corrected chi connectivity index (χ3v) is 4.69. The maximum Gasteiger partial charge on any atom is 0.248 e. The number of allylic oxidation sites excluding steroid dienone is 1. The monoisotopic (exact) mass is 351 g/mol. The molecule has 1 heterocycles. The highest BCUT2D eigenvalue weighted by atomic mass is 19.3. The van der Waals surface area contributed by atoms with Crippen LogP contribution in [0, 0.1) is 11.7 Å². The maximum absolute atomic E-state index is 14.5. The lowest BCUT2D eigenvalue weighted by Crippen LogP contribution is -2.23. The van der Waals surface area contributed by atoms with E-state index >= 15 is 0 Å². The molecule has 1 saturated carbocycles. The van der Waals surface area contributed by atoms with Crippen molar-refractivity contribution in [2.75, 3.05) is 11.9 Å². The van der Waals surface area contributed by atoms with E-state index in [1.165, 1.54) is 6.07 Å². The van der Waals surface area contributed by atoms with Crippen LogP contribution >= 0.6 is 0 Å². The van der Waals surface area contributed by atoms with Gasteiger partial charge in [-0.2, -0.15) is 0 Å². The molecule has 1 N–H and O–H groups in total. The van der Waals surface area contributed by atoms with Gasteiger partial charge >= 0.3 is 0 Å². The smallest absolute Gasteiger partial charge is 0.248 e. The Balaban J connectivity index is 1.84. The lowest BCUT2D eigenvalue weighted by atomic mass is 9.86. The summed E-state index contributed by atoms with van der Waals surface area (Å²) in [4.78, 5) is 11.5. The highest BCUT2D eigenvalue weighted by Crippen LogP contribution is 2.39. The Labute approximate surface area is 144 Å². The fraction of sp³-hybridized carbons (Fsp3) is 0.421. The average molecular weight is 351 g/mol. The summed E-state index contributed by atoms with van der Waals surface area (Å²) in [5.74, 6) is -3.04. The molecule has 1 aromatic rings. The molecule has 0 spiro atoms. The molecule has 0 atom stereocenters. The molecule has 0 saturated heterocycles. The van der Waals surface area contributed by atoms with Gasteiger partial charge in [-0.1, -0.05) is 18.7 Å². The zero-order valence-electron chi connectivity index (χ0n) is 13.8. The standard InChI is InChI=1S/C19H20F3NO2/c1-2-16(24)23-15-11-13(18-14(17(15)20)7-10-25-18)4-3-12-5-8-19(21,22)9-6-12/h2-4,11-12H,1,5-10H2,(H,23,24)/b4-3+. The van der Waals surface area contributed by atoms with Crippen LogP contribution in [-0.2, 0) is 11.2 Å². The maximum atomic E-state index is 14.5. The SMILES string of the molecule is C=CC(=O)Nc1cc(/C=C/C2CCC(F)(F)CC2)c2c(c1F)CCO2. The van der Waals surface area contributed by atoms with Crippen molar-refractivity contribution in [2.45, 2.75) is 38.0 Å². The summed E-state index contributed by atoms with van der Waals surface area (Å²) in [6.45, 7) is 3.73. The Hall–Kier alpha value is -2.24. The van der Waals surface area contributed by atoms with Crippen molar-refractivity contribution in [3.05, 3.63) is 41.7 Å². The Bertz CT molecular complexity index is 718. The second-order valence-electron chi connectivity index (χ2n) is 6.48. The number of hydrogen-bond acceptors (Lipinski definition) is 2. The van der Waals surface area contributed by atoms with Crippen molar-refractivity contribution in [2.24, 2.45) is 5.92 Å². The largest absolute Gasteiger partial charge is 0.492 e. The van der Waals surface area contributed by atoms with Crippen LogP contribution in [0.15, 0.2) is 24.8 Å². The van der Waals surface area contributed by atoms with Crippen LogP contribution in [0.3, 0.4) is 0 Å². The van der Waals surface area contributed by atoms with Crippen molar-refractivity contribution in [3.8, 4) is 5.75 Å². The third-order valence-electron chi connectivity index (χ3n) is 4.69. The molecular weight excluding hydrogens is 331 g/mol. The van der Waals surface area contributed by atoms with Gasteiger partial charge in [-0.05, 0) is 30.9 Å². The molecule has 25 heavy (non-hydrogen) atoms. The summed E-state index contributed by atoms with van der Waals surface area (Å²) < 4.78 is 46.5. The fourth-order valence-electron chi connectivity index (χ4n) is 3.26. The number of halogens is 3. The number of benzene rings is 1. The zero-order valence-corrected chi connectivity index (χ0v) is 13.8. The number of fused-ring (bicyclic) bond motifs is 1. The van der Waals surface area contributed by atoms with E-state index < -0.39 is 17.6 Å². The number of nitrogens with one attached hydrogen (secondary N) is 1. The normalized spacial score (nSPS) is 19.5. The van der Waals surface area contributed by atoms with Crippen LogP contribution in [0.5, 0.6) is 5.75 Å². The van der Waals surface area contributed by atoms with Gasteiger partial charge in [0.15, 0.2) is 5.82 Å². The molecular formula is C19H20F3NO2. The quantitative estimate of drug-likeness (QED) is 0.797. The van der Waals surface area contributed by atoms with Crippen molar-refractivity contribution in [3.63, 3.8) is 0 Å². The molecule has 3 nitrogen and oxygen atoms in total. The minimum absolute atomic E-state index is 0.0629. The Morgan fingerprint density at radius 3 is 2.76 bits per heavy atom. The minimum Gasteiger partial charge on any atom is -0.492 e. The molecule has 1 amide bonds. The molecule has 0 unspecified atom stereocenters.